The maximum Gasteiger partial charge on any atom is 0.412 e. The van der Waals surface area contributed by atoms with Gasteiger partial charge in [-0.1, -0.05) is 13.8 Å². The molecule has 5 heteroatoms. The van der Waals surface area contributed by atoms with E-state index in [1.807, 2.05) is 0 Å². The summed E-state index contributed by atoms with van der Waals surface area (Å²) in [5.74, 6) is 0. The van der Waals surface area contributed by atoms with Crippen LogP contribution in [-0.4, -0.2) is 44.8 Å². The first kappa shape index (κ1) is 14.4. The van der Waals surface area contributed by atoms with E-state index in [1.54, 1.807) is 0 Å². The van der Waals surface area contributed by atoms with E-state index in [1.165, 1.54) is 0 Å². The quantitative estimate of drug-likeness (QED) is 0.733. The van der Waals surface area contributed by atoms with Gasteiger partial charge in [-0.15, -0.1) is 0 Å². The van der Waals surface area contributed by atoms with Crippen molar-refractivity contribution in [2.75, 3.05) is 26.4 Å². The van der Waals surface area contributed by atoms with E-state index in [0.29, 0.717) is 38.6 Å². The highest BCUT2D eigenvalue weighted by molar-refractivity contribution is 5.00. The molecule has 0 aromatic heterocycles. The van der Waals surface area contributed by atoms with E-state index >= 15 is 0 Å². The first-order chi connectivity index (χ1) is 10.1. The van der Waals surface area contributed by atoms with Crippen molar-refractivity contribution in [2.24, 2.45) is 10.8 Å². The minimum absolute atomic E-state index is 0.0969. The Kier molecular flexibility index (Phi) is 3.36. The average molecular weight is 298 g/mol. The molecular formula is C16H26O5. The van der Waals surface area contributed by atoms with Crippen LogP contribution in [0.3, 0.4) is 0 Å². The molecule has 120 valence electrons. The number of hydrogen-bond acceptors (Lipinski definition) is 5. The van der Waals surface area contributed by atoms with Gasteiger partial charge in [0.15, 0.2) is 0 Å². The van der Waals surface area contributed by atoms with Crippen LogP contribution in [0.25, 0.3) is 0 Å². The van der Waals surface area contributed by atoms with Gasteiger partial charge in [-0.3, -0.25) is 0 Å². The van der Waals surface area contributed by atoms with Crippen molar-refractivity contribution in [3.8, 4) is 0 Å². The van der Waals surface area contributed by atoms with Gasteiger partial charge in [0.1, 0.15) is 0 Å². The fourth-order valence-corrected chi connectivity index (χ4v) is 3.81. The Morgan fingerprint density at radius 1 is 0.857 bits per heavy atom. The molecule has 0 N–H and O–H groups in total. The molecule has 4 rings (SSSR count). The van der Waals surface area contributed by atoms with Gasteiger partial charge in [0.25, 0.3) is 0 Å². The smallest absolute Gasteiger partial charge is 0.370 e. The summed E-state index contributed by atoms with van der Waals surface area (Å²) in [7, 11) is 0. The number of hydrogen-bond donors (Lipinski definition) is 0. The molecule has 0 aromatic rings. The van der Waals surface area contributed by atoms with E-state index < -0.39 is 6.16 Å². The van der Waals surface area contributed by atoms with Crippen LogP contribution in [0.5, 0.6) is 0 Å². The number of fused-ring (bicyclic) bond motifs is 1. The van der Waals surface area contributed by atoms with Gasteiger partial charge in [0.05, 0.1) is 38.6 Å². The summed E-state index contributed by atoms with van der Waals surface area (Å²) in [6, 6.07) is 0. The van der Waals surface area contributed by atoms with Crippen molar-refractivity contribution < 1.29 is 23.7 Å². The van der Waals surface area contributed by atoms with Gasteiger partial charge in [-0.2, -0.15) is 0 Å². The van der Waals surface area contributed by atoms with Crippen LogP contribution >= 0.6 is 0 Å². The molecule has 4 aliphatic rings. The van der Waals surface area contributed by atoms with Crippen molar-refractivity contribution >= 4 is 0 Å². The second-order valence-corrected chi connectivity index (χ2v) is 7.32. The van der Waals surface area contributed by atoms with Gasteiger partial charge in [0, 0.05) is 10.8 Å². The topological polar surface area (TPSA) is 49.5 Å². The molecule has 0 bridgehead atoms. The van der Waals surface area contributed by atoms with E-state index in [2.05, 4.69) is 13.8 Å². The molecule has 0 radical (unpaired) electrons. The van der Waals surface area contributed by atoms with Crippen molar-refractivity contribution in [1.29, 1.82) is 0 Å². The van der Waals surface area contributed by atoms with Crippen LogP contribution in [0.2, 0.25) is 0 Å². The molecule has 21 heavy (non-hydrogen) atoms. The van der Waals surface area contributed by atoms with Crippen LogP contribution in [0.15, 0.2) is 0 Å². The monoisotopic (exact) mass is 298 g/mol. The largest absolute Gasteiger partial charge is 0.412 e. The molecule has 0 amide bonds. The Hall–Kier alpha value is -0.200. The summed E-state index contributed by atoms with van der Waals surface area (Å²) >= 11 is 0. The lowest BCUT2D eigenvalue weighted by atomic mass is 9.75. The average Bonchev–Trinajstić information content (AvgIpc) is 3.30. The van der Waals surface area contributed by atoms with Crippen molar-refractivity contribution in [1.82, 2.24) is 0 Å². The molecular weight excluding hydrogens is 272 g/mol. The van der Waals surface area contributed by atoms with Crippen molar-refractivity contribution in [3.05, 3.63) is 0 Å². The molecule has 3 aliphatic heterocycles. The van der Waals surface area contributed by atoms with E-state index in [-0.39, 0.29) is 10.8 Å². The summed E-state index contributed by atoms with van der Waals surface area (Å²) in [5.41, 5.74) is 0.201. The Morgan fingerprint density at radius 3 is 2.05 bits per heavy atom. The van der Waals surface area contributed by atoms with Crippen LogP contribution in [0.4, 0.5) is 0 Å². The minimum atomic E-state index is -1.25. The van der Waals surface area contributed by atoms with Crippen LogP contribution in [0, 0.1) is 10.8 Å². The Morgan fingerprint density at radius 2 is 1.48 bits per heavy atom. The molecule has 1 saturated carbocycles. The molecule has 2 atom stereocenters. The molecule has 3 heterocycles. The lowest BCUT2D eigenvalue weighted by Gasteiger charge is -2.50. The number of ether oxygens (including phenoxy) is 5. The maximum atomic E-state index is 5.93. The molecule has 0 aromatic carbocycles. The molecule has 3 saturated heterocycles. The van der Waals surface area contributed by atoms with Crippen molar-refractivity contribution in [2.45, 2.75) is 64.3 Å². The highest BCUT2D eigenvalue weighted by Crippen LogP contribution is 2.50. The first-order valence-corrected chi connectivity index (χ1v) is 8.34. The SMILES string of the molecule is CCC1(CC)COC2(OC1)OCC1(CCC3OC3C1)CO2. The van der Waals surface area contributed by atoms with E-state index in [4.69, 9.17) is 23.7 Å². The summed E-state index contributed by atoms with van der Waals surface area (Å²) in [6.07, 6.45) is 5.05. The van der Waals surface area contributed by atoms with E-state index in [9.17, 15) is 0 Å². The third kappa shape index (κ3) is 2.43. The van der Waals surface area contributed by atoms with E-state index in [0.717, 1.165) is 32.1 Å². The third-order valence-corrected chi connectivity index (χ3v) is 6.00. The normalized spacial score (nSPS) is 39.1. The van der Waals surface area contributed by atoms with Gasteiger partial charge < -0.3 is 23.7 Å². The predicted octanol–water partition coefficient (Wildman–Crippen LogP) is 2.44. The third-order valence-electron chi connectivity index (χ3n) is 6.00. The first-order valence-electron chi connectivity index (χ1n) is 8.34. The zero-order valence-electron chi connectivity index (χ0n) is 13.1. The van der Waals surface area contributed by atoms with Crippen LogP contribution < -0.4 is 0 Å². The van der Waals surface area contributed by atoms with Gasteiger partial charge >= 0.3 is 6.16 Å². The van der Waals surface area contributed by atoms with Gasteiger partial charge in [-0.25, -0.2) is 0 Å². The zero-order chi connectivity index (χ0) is 14.6. The molecule has 1 aliphatic carbocycles. The highest BCUT2D eigenvalue weighted by Gasteiger charge is 2.57. The Balaban J connectivity index is 1.37. The summed E-state index contributed by atoms with van der Waals surface area (Å²) in [4.78, 5) is 0. The second-order valence-electron chi connectivity index (χ2n) is 7.32. The summed E-state index contributed by atoms with van der Waals surface area (Å²) < 4.78 is 29.2. The molecule has 5 nitrogen and oxygen atoms in total. The van der Waals surface area contributed by atoms with Gasteiger partial charge in [-0.05, 0) is 32.1 Å². The lowest BCUT2D eigenvalue weighted by molar-refractivity contribution is -0.548. The van der Waals surface area contributed by atoms with Crippen molar-refractivity contribution in [3.63, 3.8) is 0 Å². The Bertz CT molecular complexity index is 385. The molecule has 2 spiro atoms. The summed E-state index contributed by atoms with van der Waals surface area (Å²) in [6.45, 7) is 6.93. The molecule has 2 unspecified atom stereocenters. The number of epoxide rings is 1. The fraction of sp³-hybridized carbons (Fsp3) is 1.00. The highest BCUT2D eigenvalue weighted by atomic mass is 17.0. The van der Waals surface area contributed by atoms with Crippen LogP contribution in [0.1, 0.15) is 46.0 Å². The minimum Gasteiger partial charge on any atom is -0.370 e. The molecule has 4 fully saturated rings. The second kappa shape index (κ2) is 4.90. The maximum absolute atomic E-state index is 5.93. The Labute approximate surface area is 126 Å². The lowest BCUT2D eigenvalue weighted by Crippen LogP contribution is -2.58. The fourth-order valence-electron chi connectivity index (χ4n) is 3.81. The predicted molar refractivity (Wildman–Crippen MR) is 74.5 cm³/mol. The number of rotatable bonds is 2. The summed E-state index contributed by atoms with van der Waals surface area (Å²) in [5, 5.41) is 0. The van der Waals surface area contributed by atoms with Gasteiger partial charge in [0.2, 0.25) is 0 Å². The van der Waals surface area contributed by atoms with Crippen LogP contribution in [-0.2, 0) is 23.7 Å². The standard InChI is InChI=1S/C16H26O5/c1-3-14(4-2)8-17-16(18-9-14)19-10-15(11-20-16)6-5-12-13(7-15)21-12/h12-13H,3-11H2,1-2H3. The zero-order valence-corrected chi connectivity index (χ0v) is 13.1.